The molecule has 0 spiro atoms. The van der Waals surface area contributed by atoms with E-state index >= 15 is 0 Å². The maximum atomic E-state index is 12.7. The van der Waals surface area contributed by atoms with Gasteiger partial charge in [0.25, 0.3) is 0 Å². The molecule has 0 aliphatic rings. The predicted molar refractivity (Wildman–Crippen MR) is 107 cm³/mol. The van der Waals surface area contributed by atoms with Gasteiger partial charge in [0.05, 0.1) is 29.1 Å². The third-order valence-electron chi connectivity index (χ3n) is 4.02. The maximum Gasteiger partial charge on any atom is 0.363 e. The molecule has 7 heteroatoms. The molecule has 0 radical (unpaired) electrons. The van der Waals surface area contributed by atoms with Gasteiger partial charge < -0.3 is 4.74 Å². The summed E-state index contributed by atoms with van der Waals surface area (Å²) in [6.07, 6.45) is 1.20. The summed E-state index contributed by atoms with van der Waals surface area (Å²) in [5.74, 6) is -0.442. The van der Waals surface area contributed by atoms with Gasteiger partial charge in [-0.25, -0.2) is 13.7 Å². The Morgan fingerprint density at radius 1 is 1.22 bits per heavy atom. The number of pyridine rings is 1. The van der Waals surface area contributed by atoms with Crippen LogP contribution in [0.5, 0.6) is 0 Å². The lowest BCUT2D eigenvalue weighted by Gasteiger charge is -2.15. The summed E-state index contributed by atoms with van der Waals surface area (Å²) in [6, 6.07) is 14.7. The first-order valence-corrected chi connectivity index (χ1v) is 10.4. The Kier molecular flexibility index (Phi) is 5.14. The Morgan fingerprint density at radius 2 is 1.93 bits per heavy atom. The molecule has 0 saturated heterocycles. The van der Waals surface area contributed by atoms with Gasteiger partial charge in [-0.05, 0) is 37.6 Å². The third kappa shape index (κ3) is 4.09. The minimum atomic E-state index is -3.18. The second-order valence-electron chi connectivity index (χ2n) is 6.17. The number of carbonyl (C=O) groups excluding carboxylic acids is 1. The topological polar surface area (TPSA) is 89.7 Å². The SMILES string of the molecule is CCOC(=O)c1c(C)nc2ccc(NS(C)(=O)=[OH+])cc2c1-c1ccccc1. The zero-order chi connectivity index (χ0) is 19.6. The van der Waals surface area contributed by atoms with Crippen LogP contribution in [0.2, 0.25) is 0 Å². The second kappa shape index (κ2) is 7.36. The van der Waals surface area contributed by atoms with Gasteiger partial charge in [0.1, 0.15) is 6.26 Å². The highest BCUT2D eigenvalue weighted by Crippen LogP contribution is 2.35. The number of aromatic nitrogens is 1. The number of nitrogens with zero attached hydrogens (tertiary/aromatic N) is 1. The van der Waals surface area contributed by atoms with E-state index in [-0.39, 0.29) is 6.61 Å². The van der Waals surface area contributed by atoms with Crippen molar-refractivity contribution in [2.24, 2.45) is 0 Å². The van der Waals surface area contributed by atoms with E-state index in [9.17, 15) is 13.2 Å². The molecule has 1 aromatic heterocycles. The van der Waals surface area contributed by atoms with Gasteiger partial charge in [0, 0.05) is 10.9 Å². The van der Waals surface area contributed by atoms with Gasteiger partial charge in [0.15, 0.2) is 0 Å². The Balaban J connectivity index is 2.36. The minimum absolute atomic E-state index is 0.258. The quantitative estimate of drug-likeness (QED) is 0.532. The number of hydrogen-bond donors (Lipinski definition) is 1. The molecule has 27 heavy (non-hydrogen) atoms. The summed E-state index contributed by atoms with van der Waals surface area (Å²) in [5, 5.41) is 0.698. The molecule has 3 aromatic rings. The molecule has 3 rings (SSSR count). The number of nitrogens with one attached hydrogen (secondary N) is 1. The van der Waals surface area contributed by atoms with Crippen molar-refractivity contribution in [2.75, 3.05) is 17.6 Å². The summed E-state index contributed by atoms with van der Waals surface area (Å²) >= 11 is 0. The van der Waals surface area contributed by atoms with Crippen LogP contribution in [0.4, 0.5) is 5.69 Å². The van der Waals surface area contributed by atoms with Crippen molar-refractivity contribution < 1.29 is 17.9 Å². The number of benzene rings is 2. The zero-order valence-electron chi connectivity index (χ0n) is 15.4. The Hall–Kier alpha value is -2.93. The van der Waals surface area contributed by atoms with Gasteiger partial charge in [-0.2, -0.15) is 4.21 Å². The number of hydrogen-bond acceptors (Lipinski definition) is 4. The van der Waals surface area contributed by atoms with Crippen LogP contribution in [-0.2, 0) is 14.8 Å². The van der Waals surface area contributed by atoms with E-state index in [2.05, 4.69) is 9.71 Å². The van der Waals surface area contributed by atoms with Crippen LogP contribution in [0.1, 0.15) is 23.0 Å². The summed E-state index contributed by atoms with van der Waals surface area (Å²) < 4.78 is 29.2. The Morgan fingerprint density at radius 3 is 2.56 bits per heavy atom. The molecule has 1 atom stereocenters. The number of esters is 1. The van der Waals surface area contributed by atoms with Crippen molar-refractivity contribution in [3.05, 3.63) is 59.8 Å². The average molecular weight is 385 g/mol. The molecule has 1 heterocycles. The van der Waals surface area contributed by atoms with Gasteiger partial charge in [-0.1, -0.05) is 30.3 Å². The highest BCUT2D eigenvalue weighted by atomic mass is 32.2. The van der Waals surface area contributed by atoms with E-state index in [4.69, 9.17) is 4.74 Å². The Labute approximate surface area is 158 Å². The van der Waals surface area contributed by atoms with E-state index in [1.165, 1.54) is 6.26 Å². The summed E-state index contributed by atoms with van der Waals surface area (Å²) in [4.78, 5) is 17.2. The van der Waals surface area contributed by atoms with Gasteiger partial charge in [0.2, 0.25) is 0 Å². The summed E-state index contributed by atoms with van der Waals surface area (Å²) in [5.41, 5.74) is 3.66. The number of aryl methyl sites for hydroxylation is 1. The number of anilines is 1. The smallest absolute Gasteiger partial charge is 0.363 e. The van der Waals surface area contributed by atoms with Crippen molar-refractivity contribution in [1.29, 1.82) is 0 Å². The van der Waals surface area contributed by atoms with Crippen molar-refractivity contribution in [3.8, 4) is 11.1 Å². The van der Waals surface area contributed by atoms with E-state index in [0.717, 1.165) is 5.56 Å². The van der Waals surface area contributed by atoms with Crippen LogP contribution >= 0.6 is 0 Å². The van der Waals surface area contributed by atoms with Crippen LogP contribution in [0.25, 0.3) is 22.0 Å². The monoisotopic (exact) mass is 385 g/mol. The molecule has 0 fully saturated rings. The van der Waals surface area contributed by atoms with Crippen molar-refractivity contribution in [2.45, 2.75) is 13.8 Å². The molecule has 1 unspecified atom stereocenters. The summed E-state index contributed by atoms with van der Waals surface area (Å²) in [7, 11) is -3.18. The van der Waals surface area contributed by atoms with Crippen LogP contribution in [0.15, 0.2) is 48.5 Å². The predicted octanol–water partition coefficient (Wildman–Crippen LogP) is 3.92. The van der Waals surface area contributed by atoms with Gasteiger partial charge in [-0.3, -0.25) is 4.98 Å². The highest BCUT2D eigenvalue weighted by Gasteiger charge is 2.22. The first kappa shape index (κ1) is 18.8. The van der Waals surface area contributed by atoms with E-state index in [1.54, 1.807) is 32.0 Å². The number of rotatable bonds is 5. The molecule has 0 aliphatic heterocycles. The molecule has 0 saturated carbocycles. The van der Waals surface area contributed by atoms with Gasteiger partial charge in [-0.15, -0.1) is 0 Å². The molecule has 6 nitrogen and oxygen atoms in total. The fourth-order valence-electron chi connectivity index (χ4n) is 3.03. The average Bonchev–Trinajstić information content (AvgIpc) is 2.60. The third-order valence-corrected chi connectivity index (χ3v) is 4.63. The first-order valence-electron chi connectivity index (χ1n) is 8.46. The van der Waals surface area contributed by atoms with Crippen LogP contribution in [0, 0.1) is 6.92 Å². The van der Waals surface area contributed by atoms with E-state index in [0.29, 0.717) is 33.4 Å². The first-order chi connectivity index (χ1) is 12.8. The lowest BCUT2D eigenvalue weighted by molar-refractivity contribution is 0.0526. The Bertz CT molecular complexity index is 1110. The zero-order valence-corrected chi connectivity index (χ0v) is 16.2. The molecular formula is C20H21N2O4S+. The van der Waals surface area contributed by atoms with E-state index < -0.39 is 16.0 Å². The summed E-state index contributed by atoms with van der Waals surface area (Å²) in [6.45, 7) is 3.79. The second-order valence-corrected chi connectivity index (χ2v) is 7.98. The van der Waals surface area contributed by atoms with Gasteiger partial charge >= 0.3 is 16.0 Å². The van der Waals surface area contributed by atoms with Crippen molar-refractivity contribution in [1.82, 2.24) is 4.98 Å². The van der Waals surface area contributed by atoms with Crippen LogP contribution < -0.4 is 4.72 Å². The van der Waals surface area contributed by atoms with Crippen molar-refractivity contribution in [3.63, 3.8) is 0 Å². The lowest BCUT2D eigenvalue weighted by Crippen LogP contribution is -2.11. The van der Waals surface area contributed by atoms with Crippen LogP contribution in [-0.4, -0.2) is 32.2 Å². The normalized spacial score (nSPS) is 13.1. The number of ether oxygens (including phenoxy) is 1. The lowest BCUT2D eigenvalue weighted by atomic mass is 9.94. The molecule has 0 aliphatic carbocycles. The number of carbonyl (C=O) groups is 1. The van der Waals surface area contributed by atoms with Crippen LogP contribution in [0.3, 0.4) is 0 Å². The molecule has 0 amide bonds. The minimum Gasteiger partial charge on any atom is -0.462 e. The highest BCUT2D eigenvalue weighted by molar-refractivity contribution is 7.92. The largest absolute Gasteiger partial charge is 0.462 e. The van der Waals surface area contributed by atoms with Crippen molar-refractivity contribution >= 4 is 32.6 Å². The standard InChI is InChI=1S/C20H20N2O4S/c1-4-26-20(23)18-13(2)21-17-11-10-15(22-27(3,24)25)12-16(17)19(18)14-8-6-5-7-9-14/h5-12H,4H2,1-3H3,(H,22,24,25)/p+1. The van der Waals surface area contributed by atoms with E-state index in [1.807, 2.05) is 30.3 Å². The molecule has 2 N–H and O–H groups in total. The molecule has 2 aromatic carbocycles. The molecule has 0 bridgehead atoms. The molecule has 140 valence electrons. The molecular weight excluding hydrogens is 364 g/mol. The fourth-order valence-corrected chi connectivity index (χ4v) is 3.59. The maximum absolute atomic E-state index is 12.7. The number of fused-ring (bicyclic) bond motifs is 1. The fraction of sp³-hybridized carbons (Fsp3) is 0.200.